The second-order valence-electron chi connectivity index (χ2n) is 4.10. The summed E-state index contributed by atoms with van der Waals surface area (Å²) in [6, 6.07) is 8.00. The van der Waals surface area contributed by atoms with E-state index in [1.54, 1.807) is 6.20 Å². The van der Waals surface area contributed by atoms with E-state index in [0.29, 0.717) is 6.54 Å². The number of nitrogens with zero attached hydrogens (tertiary/aromatic N) is 2. The summed E-state index contributed by atoms with van der Waals surface area (Å²) in [5.74, 6) is 0.0245. The molecule has 4 heteroatoms. The highest BCUT2D eigenvalue weighted by Gasteiger charge is 2.23. The number of rotatable bonds is 1. The summed E-state index contributed by atoms with van der Waals surface area (Å²) < 4.78 is 0. The number of likely N-dealkylation sites (N-methyl/N-ethyl adjacent to an activating group) is 1. The van der Waals surface area contributed by atoms with E-state index in [4.69, 9.17) is 0 Å². The highest BCUT2D eigenvalue weighted by Crippen LogP contribution is 2.35. The van der Waals surface area contributed by atoms with Crippen LogP contribution in [0.4, 0.5) is 11.4 Å². The van der Waals surface area contributed by atoms with Crippen LogP contribution in [0.2, 0.25) is 0 Å². The molecule has 3 rings (SSSR count). The smallest absolute Gasteiger partial charge is 0.243 e. The molecule has 2 aromatic rings. The molecule has 0 atom stereocenters. The van der Waals surface area contributed by atoms with Crippen molar-refractivity contribution in [3.63, 3.8) is 0 Å². The van der Waals surface area contributed by atoms with Crippen molar-refractivity contribution in [3.05, 3.63) is 30.5 Å². The molecule has 86 valence electrons. The molecule has 1 aromatic carbocycles. The highest BCUT2D eigenvalue weighted by atomic mass is 16.2. The molecule has 1 N–H and O–H groups in total. The second kappa shape index (κ2) is 3.73. The third-order valence-electron chi connectivity index (χ3n) is 3.05. The van der Waals surface area contributed by atoms with Crippen molar-refractivity contribution in [2.45, 2.75) is 6.92 Å². The Morgan fingerprint density at radius 3 is 3.06 bits per heavy atom. The van der Waals surface area contributed by atoms with E-state index in [2.05, 4.69) is 22.1 Å². The van der Waals surface area contributed by atoms with Gasteiger partial charge in [0, 0.05) is 11.9 Å². The normalized spacial score (nSPS) is 14.6. The third kappa shape index (κ3) is 1.53. The van der Waals surface area contributed by atoms with Crippen LogP contribution in [-0.2, 0) is 4.79 Å². The molecule has 1 amide bonds. The number of aromatic nitrogens is 1. The first-order chi connectivity index (χ1) is 8.29. The zero-order valence-corrected chi connectivity index (χ0v) is 9.60. The molecule has 0 aliphatic carbocycles. The van der Waals surface area contributed by atoms with E-state index in [0.717, 1.165) is 28.8 Å². The lowest BCUT2D eigenvalue weighted by atomic mass is 10.1. The van der Waals surface area contributed by atoms with Crippen LogP contribution in [0.1, 0.15) is 6.92 Å². The molecular weight excluding hydrogens is 214 g/mol. The molecule has 1 aliphatic rings. The number of carbonyl (C=O) groups excluding carboxylic acids is 1. The van der Waals surface area contributed by atoms with Gasteiger partial charge >= 0.3 is 0 Å². The summed E-state index contributed by atoms with van der Waals surface area (Å²) in [4.78, 5) is 18.0. The predicted molar refractivity (Wildman–Crippen MR) is 68.3 cm³/mol. The van der Waals surface area contributed by atoms with E-state index in [9.17, 15) is 4.79 Å². The molecule has 0 unspecified atom stereocenters. The van der Waals surface area contributed by atoms with Crippen molar-refractivity contribution in [2.75, 3.05) is 23.3 Å². The van der Waals surface area contributed by atoms with Crippen molar-refractivity contribution in [2.24, 2.45) is 0 Å². The van der Waals surface area contributed by atoms with Crippen LogP contribution in [0.5, 0.6) is 0 Å². The average molecular weight is 227 g/mol. The number of hydrogen-bond acceptors (Lipinski definition) is 3. The van der Waals surface area contributed by atoms with Crippen LogP contribution in [0, 0.1) is 0 Å². The Morgan fingerprint density at radius 1 is 1.41 bits per heavy atom. The number of pyridine rings is 1. The molecule has 2 heterocycles. The second-order valence-corrected chi connectivity index (χ2v) is 4.10. The Hall–Kier alpha value is -2.10. The van der Waals surface area contributed by atoms with Crippen molar-refractivity contribution in [1.29, 1.82) is 0 Å². The fourth-order valence-electron chi connectivity index (χ4n) is 2.27. The van der Waals surface area contributed by atoms with Gasteiger partial charge in [0.25, 0.3) is 0 Å². The zero-order chi connectivity index (χ0) is 11.8. The molecule has 4 nitrogen and oxygen atoms in total. The third-order valence-corrected chi connectivity index (χ3v) is 3.05. The van der Waals surface area contributed by atoms with E-state index in [-0.39, 0.29) is 5.91 Å². The Labute approximate surface area is 99.3 Å². The summed E-state index contributed by atoms with van der Waals surface area (Å²) in [6.45, 7) is 3.28. The number of carbonyl (C=O) groups is 1. The van der Waals surface area contributed by atoms with Crippen LogP contribution in [0.3, 0.4) is 0 Å². The van der Waals surface area contributed by atoms with Gasteiger partial charge < -0.3 is 10.2 Å². The number of benzene rings is 1. The van der Waals surface area contributed by atoms with Crippen LogP contribution in [0.25, 0.3) is 10.9 Å². The van der Waals surface area contributed by atoms with Crippen molar-refractivity contribution in [1.82, 2.24) is 4.98 Å². The predicted octanol–water partition coefficient (Wildman–Crippen LogP) is 2.01. The lowest BCUT2D eigenvalue weighted by Gasteiger charge is -2.30. The minimum atomic E-state index is 0.0245. The van der Waals surface area contributed by atoms with Gasteiger partial charge in [0.1, 0.15) is 0 Å². The number of fused-ring (bicyclic) bond motifs is 3. The van der Waals surface area contributed by atoms with E-state index in [1.165, 1.54) is 0 Å². The Morgan fingerprint density at radius 2 is 2.24 bits per heavy atom. The van der Waals surface area contributed by atoms with Gasteiger partial charge in [-0.05, 0) is 13.0 Å². The van der Waals surface area contributed by atoms with Crippen LogP contribution in [0.15, 0.2) is 30.5 Å². The van der Waals surface area contributed by atoms with Gasteiger partial charge in [0.05, 0.1) is 29.6 Å². The van der Waals surface area contributed by atoms with Gasteiger partial charge in [-0.3, -0.25) is 9.78 Å². The summed E-state index contributed by atoms with van der Waals surface area (Å²) >= 11 is 0. The lowest BCUT2D eigenvalue weighted by Crippen LogP contribution is -2.38. The number of anilines is 2. The SMILES string of the molecule is CCN1CC(=O)Nc2cnc3ccccc3c21. The summed E-state index contributed by atoms with van der Waals surface area (Å²) in [6.07, 6.45) is 1.73. The van der Waals surface area contributed by atoms with Crippen LogP contribution >= 0.6 is 0 Å². The van der Waals surface area contributed by atoms with Gasteiger partial charge in [0.15, 0.2) is 0 Å². The lowest BCUT2D eigenvalue weighted by molar-refractivity contribution is -0.115. The van der Waals surface area contributed by atoms with E-state index in [1.807, 2.05) is 24.3 Å². The Bertz CT molecular complexity index is 594. The fourth-order valence-corrected chi connectivity index (χ4v) is 2.27. The largest absolute Gasteiger partial charge is 0.360 e. The molecular formula is C13H13N3O. The molecule has 0 fully saturated rings. The monoisotopic (exact) mass is 227 g/mol. The first-order valence-corrected chi connectivity index (χ1v) is 5.72. The quantitative estimate of drug-likeness (QED) is 0.810. The maximum atomic E-state index is 11.6. The molecule has 0 spiro atoms. The molecule has 0 saturated carbocycles. The Balaban J connectivity index is 2.30. The van der Waals surface area contributed by atoms with E-state index < -0.39 is 0 Å². The van der Waals surface area contributed by atoms with Crippen LogP contribution < -0.4 is 10.2 Å². The zero-order valence-electron chi connectivity index (χ0n) is 9.60. The maximum Gasteiger partial charge on any atom is 0.243 e. The topological polar surface area (TPSA) is 45.2 Å². The van der Waals surface area contributed by atoms with Gasteiger partial charge in [-0.1, -0.05) is 18.2 Å². The first-order valence-electron chi connectivity index (χ1n) is 5.72. The van der Waals surface area contributed by atoms with Gasteiger partial charge in [-0.25, -0.2) is 0 Å². The highest BCUT2D eigenvalue weighted by molar-refractivity contribution is 6.08. The maximum absolute atomic E-state index is 11.6. The van der Waals surface area contributed by atoms with Crippen molar-refractivity contribution < 1.29 is 4.79 Å². The molecule has 0 saturated heterocycles. The standard InChI is InChI=1S/C13H13N3O/c1-2-16-8-12(17)15-11-7-14-10-6-4-3-5-9(10)13(11)16/h3-7H,2,8H2,1H3,(H,15,17). The van der Waals surface area contributed by atoms with Crippen molar-refractivity contribution in [3.8, 4) is 0 Å². The van der Waals surface area contributed by atoms with Gasteiger partial charge in [0.2, 0.25) is 5.91 Å². The number of amides is 1. The molecule has 17 heavy (non-hydrogen) atoms. The average Bonchev–Trinajstić information content (AvgIpc) is 2.37. The van der Waals surface area contributed by atoms with Gasteiger partial charge in [-0.15, -0.1) is 0 Å². The first kappa shape index (κ1) is 10.1. The number of nitrogens with one attached hydrogen (secondary N) is 1. The molecule has 0 radical (unpaired) electrons. The summed E-state index contributed by atoms with van der Waals surface area (Å²) in [7, 11) is 0. The van der Waals surface area contributed by atoms with E-state index >= 15 is 0 Å². The van der Waals surface area contributed by atoms with Crippen LogP contribution in [-0.4, -0.2) is 24.0 Å². The van der Waals surface area contributed by atoms with Crippen molar-refractivity contribution >= 4 is 28.2 Å². The van der Waals surface area contributed by atoms with Gasteiger partial charge in [-0.2, -0.15) is 0 Å². The fraction of sp³-hybridized carbons (Fsp3) is 0.231. The number of para-hydroxylation sites is 1. The number of hydrogen-bond donors (Lipinski definition) is 1. The minimum Gasteiger partial charge on any atom is -0.360 e. The molecule has 1 aromatic heterocycles. The molecule has 0 bridgehead atoms. The summed E-state index contributed by atoms with van der Waals surface area (Å²) in [5, 5.41) is 3.96. The Kier molecular flexibility index (Phi) is 2.21. The minimum absolute atomic E-state index is 0.0245. The molecule has 1 aliphatic heterocycles. The summed E-state index contributed by atoms with van der Waals surface area (Å²) in [5.41, 5.74) is 2.85.